The lowest BCUT2D eigenvalue weighted by Crippen LogP contribution is -2.57. The number of nitrogens with zero attached hydrogens (tertiary/aromatic N) is 3. The van der Waals surface area contributed by atoms with Crippen LogP contribution in [0, 0.1) is 5.92 Å². The van der Waals surface area contributed by atoms with Crippen molar-refractivity contribution in [1.29, 1.82) is 0 Å². The molecule has 1 spiro atoms. The van der Waals surface area contributed by atoms with E-state index >= 15 is 0 Å². The number of nitrogens with one attached hydrogen (secondary N) is 1. The normalized spacial score (nSPS) is 24.4. The second-order valence-electron chi connectivity index (χ2n) is 10.6. The fraction of sp³-hybridized carbons (Fsp3) is 0.500. The molecule has 2 atom stereocenters. The van der Waals surface area contributed by atoms with Gasteiger partial charge in [0.2, 0.25) is 0 Å². The zero-order valence-electron chi connectivity index (χ0n) is 21.6. The van der Waals surface area contributed by atoms with Gasteiger partial charge < -0.3 is 15.1 Å². The third-order valence-electron chi connectivity index (χ3n) is 8.37. The monoisotopic (exact) mass is 524 g/mol. The van der Waals surface area contributed by atoms with Gasteiger partial charge in [-0.25, -0.2) is 13.2 Å². The van der Waals surface area contributed by atoms with Crippen molar-refractivity contribution >= 4 is 21.8 Å². The van der Waals surface area contributed by atoms with Crippen LogP contribution in [-0.4, -0.2) is 86.1 Å². The summed E-state index contributed by atoms with van der Waals surface area (Å²) in [6.07, 6.45) is 2.42. The van der Waals surface area contributed by atoms with Crippen molar-refractivity contribution < 1.29 is 18.0 Å². The summed E-state index contributed by atoms with van der Waals surface area (Å²) in [6.45, 7) is 7.09. The summed E-state index contributed by atoms with van der Waals surface area (Å²) in [7, 11) is -3.30. The lowest BCUT2D eigenvalue weighted by Gasteiger charge is -2.42. The Bertz CT molecular complexity index is 1240. The molecular weight excluding hydrogens is 488 g/mol. The van der Waals surface area contributed by atoms with Crippen LogP contribution in [0.2, 0.25) is 0 Å². The summed E-state index contributed by atoms with van der Waals surface area (Å²) in [6, 6.07) is 16.8. The number of carbonyl (C=O) groups is 2. The Morgan fingerprint density at radius 3 is 2.27 bits per heavy atom. The van der Waals surface area contributed by atoms with E-state index in [0.717, 1.165) is 44.5 Å². The summed E-state index contributed by atoms with van der Waals surface area (Å²) >= 11 is 0. The molecule has 0 bridgehead atoms. The van der Waals surface area contributed by atoms with Crippen molar-refractivity contribution in [1.82, 2.24) is 20.0 Å². The first kappa shape index (κ1) is 25.9. The zero-order valence-corrected chi connectivity index (χ0v) is 22.4. The number of carbonyl (C=O) groups excluding carboxylic acids is 2. The molecule has 3 amide bonds. The van der Waals surface area contributed by atoms with Gasteiger partial charge in [0.25, 0.3) is 5.91 Å². The second kappa shape index (κ2) is 10.2. The van der Waals surface area contributed by atoms with Crippen molar-refractivity contribution in [2.75, 3.05) is 45.5 Å². The average molecular weight is 525 g/mol. The number of hydrogen-bond donors (Lipinski definition) is 1. The van der Waals surface area contributed by atoms with Crippen LogP contribution in [0.25, 0.3) is 0 Å². The molecule has 0 radical (unpaired) electrons. The molecule has 198 valence electrons. The van der Waals surface area contributed by atoms with Crippen molar-refractivity contribution in [3.63, 3.8) is 0 Å². The molecule has 9 heteroatoms. The molecule has 2 aromatic rings. The van der Waals surface area contributed by atoms with E-state index in [-0.39, 0.29) is 23.4 Å². The van der Waals surface area contributed by atoms with Crippen molar-refractivity contribution in [2.24, 2.45) is 5.92 Å². The first-order valence-electron chi connectivity index (χ1n) is 13.1. The molecule has 37 heavy (non-hydrogen) atoms. The number of amides is 3. The van der Waals surface area contributed by atoms with Gasteiger partial charge in [-0.3, -0.25) is 9.69 Å². The van der Waals surface area contributed by atoms with Crippen LogP contribution in [0.1, 0.15) is 36.8 Å². The predicted octanol–water partition coefficient (Wildman–Crippen LogP) is 2.71. The quantitative estimate of drug-likeness (QED) is 0.561. The molecule has 0 saturated carbocycles. The SMILES string of the molecule is CCN1C(=O)N(Cc2ccc(S(C)(=O)=O)cc2)C(=O)C12CCN(C[C@H]1CNC[C@@H]1c1ccccc1)CC2. The number of benzene rings is 2. The van der Waals surface area contributed by atoms with Gasteiger partial charge >= 0.3 is 6.03 Å². The second-order valence-corrected chi connectivity index (χ2v) is 12.6. The minimum absolute atomic E-state index is 0.129. The van der Waals surface area contributed by atoms with Crippen molar-refractivity contribution in [3.8, 4) is 0 Å². The zero-order chi connectivity index (χ0) is 26.2. The number of likely N-dealkylation sites (tertiary alicyclic amines) is 1. The average Bonchev–Trinajstić information content (AvgIpc) is 3.43. The Morgan fingerprint density at radius 1 is 0.973 bits per heavy atom. The highest BCUT2D eigenvalue weighted by Crippen LogP contribution is 2.39. The summed E-state index contributed by atoms with van der Waals surface area (Å²) in [5, 5.41) is 3.56. The van der Waals surface area contributed by atoms with Crippen LogP contribution in [0.15, 0.2) is 59.5 Å². The van der Waals surface area contributed by atoms with Gasteiger partial charge in [-0.2, -0.15) is 0 Å². The summed E-state index contributed by atoms with van der Waals surface area (Å²) < 4.78 is 23.5. The van der Waals surface area contributed by atoms with E-state index in [1.165, 1.54) is 22.6 Å². The third kappa shape index (κ3) is 4.92. The first-order valence-corrected chi connectivity index (χ1v) is 15.0. The topological polar surface area (TPSA) is 90.0 Å². The van der Waals surface area contributed by atoms with Gasteiger partial charge in [0.15, 0.2) is 9.84 Å². The number of sulfone groups is 1. The highest BCUT2D eigenvalue weighted by molar-refractivity contribution is 7.90. The molecule has 3 aliphatic rings. The largest absolute Gasteiger partial charge is 0.327 e. The van der Waals surface area contributed by atoms with E-state index in [0.29, 0.717) is 31.2 Å². The van der Waals surface area contributed by atoms with E-state index in [9.17, 15) is 18.0 Å². The summed E-state index contributed by atoms with van der Waals surface area (Å²) in [5.41, 5.74) is 1.32. The van der Waals surface area contributed by atoms with E-state index in [1.54, 1.807) is 17.0 Å². The number of rotatable bonds is 7. The number of likely N-dealkylation sites (N-methyl/N-ethyl adjacent to an activating group) is 1. The minimum atomic E-state index is -3.30. The number of hydrogen-bond acceptors (Lipinski definition) is 6. The number of imide groups is 1. The van der Waals surface area contributed by atoms with Crippen LogP contribution in [0.4, 0.5) is 4.79 Å². The third-order valence-corrected chi connectivity index (χ3v) is 9.50. The Balaban J connectivity index is 1.26. The van der Waals surface area contributed by atoms with Gasteiger partial charge in [-0.05, 0) is 55.5 Å². The molecule has 3 heterocycles. The van der Waals surface area contributed by atoms with Crippen LogP contribution < -0.4 is 5.32 Å². The highest BCUT2D eigenvalue weighted by Gasteiger charge is 2.57. The molecule has 1 N–H and O–H groups in total. The Morgan fingerprint density at radius 2 is 1.65 bits per heavy atom. The molecule has 3 aliphatic heterocycles. The summed E-state index contributed by atoms with van der Waals surface area (Å²) in [5.74, 6) is 0.880. The standard InChI is InChI=1S/C28H36N4O4S/c1-3-32-27(34)31(19-21-9-11-24(12-10-21)37(2,35)36)26(33)28(32)13-15-30(16-14-28)20-23-17-29-18-25(23)22-7-5-4-6-8-22/h4-12,23,25,29H,3,13-20H2,1-2H3/t23-,25-/m1/s1. The molecule has 8 nitrogen and oxygen atoms in total. The maximum absolute atomic E-state index is 13.7. The van der Waals surface area contributed by atoms with Crippen molar-refractivity contribution in [3.05, 3.63) is 65.7 Å². The van der Waals surface area contributed by atoms with Gasteiger partial charge in [-0.1, -0.05) is 42.5 Å². The van der Waals surface area contributed by atoms with Crippen LogP contribution in [-0.2, 0) is 21.2 Å². The maximum Gasteiger partial charge on any atom is 0.327 e. The number of piperidine rings is 1. The minimum Gasteiger partial charge on any atom is -0.316 e. The van der Waals surface area contributed by atoms with E-state index in [1.807, 2.05) is 6.92 Å². The Kier molecular flexibility index (Phi) is 7.13. The lowest BCUT2D eigenvalue weighted by molar-refractivity contribution is -0.136. The Labute approximate surface area is 219 Å². The fourth-order valence-corrected chi connectivity index (χ4v) is 6.95. The molecule has 0 aliphatic carbocycles. The van der Waals surface area contributed by atoms with E-state index in [4.69, 9.17) is 0 Å². The lowest BCUT2D eigenvalue weighted by atomic mass is 9.84. The van der Waals surface area contributed by atoms with Crippen LogP contribution in [0.3, 0.4) is 0 Å². The Hall–Kier alpha value is -2.75. The summed E-state index contributed by atoms with van der Waals surface area (Å²) in [4.78, 5) is 32.8. The highest BCUT2D eigenvalue weighted by atomic mass is 32.2. The van der Waals surface area contributed by atoms with Crippen LogP contribution in [0.5, 0.6) is 0 Å². The first-order chi connectivity index (χ1) is 17.7. The van der Waals surface area contributed by atoms with Gasteiger partial charge in [0.1, 0.15) is 5.54 Å². The van der Waals surface area contributed by atoms with Gasteiger partial charge in [-0.15, -0.1) is 0 Å². The van der Waals surface area contributed by atoms with Gasteiger partial charge in [0.05, 0.1) is 11.4 Å². The van der Waals surface area contributed by atoms with Crippen molar-refractivity contribution in [2.45, 2.75) is 42.7 Å². The van der Waals surface area contributed by atoms with Gasteiger partial charge in [0, 0.05) is 44.9 Å². The molecule has 3 fully saturated rings. The molecule has 3 saturated heterocycles. The molecular formula is C28H36N4O4S. The fourth-order valence-electron chi connectivity index (χ4n) is 6.32. The van der Waals surface area contributed by atoms with E-state index in [2.05, 4.69) is 40.5 Å². The predicted molar refractivity (Wildman–Crippen MR) is 142 cm³/mol. The smallest absolute Gasteiger partial charge is 0.316 e. The number of urea groups is 1. The molecule has 5 rings (SSSR count). The molecule has 2 aromatic carbocycles. The van der Waals surface area contributed by atoms with Crippen LogP contribution >= 0.6 is 0 Å². The molecule has 0 unspecified atom stereocenters. The maximum atomic E-state index is 13.7. The molecule has 0 aromatic heterocycles. The van der Waals surface area contributed by atoms with E-state index < -0.39 is 15.4 Å².